The van der Waals surface area contributed by atoms with Crippen molar-refractivity contribution in [1.82, 2.24) is 4.37 Å². The molecule has 4 nitrogen and oxygen atoms in total. The fourth-order valence-corrected chi connectivity index (χ4v) is 3.46. The lowest BCUT2D eigenvalue weighted by Gasteiger charge is -2.22. The van der Waals surface area contributed by atoms with Gasteiger partial charge in [-0.1, -0.05) is 0 Å². The van der Waals surface area contributed by atoms with Gasteiger partial charge in [0.1, 0.15) is 5.00 Å². The first-order valence-electron chi connectivity index (χ1n) is 5.32. The van der Waals surface area contributed by atoms with Crippen LogP contribution in [-0.2, 0) is 4.74 Å². The predicted octanol–water partition coefficient (Wildman–Crippen LogP) is 2.06. The van der Waals surface area contributed by atoms with Crippen molar-refractivity contribution in [1.29, 1.82) is 0 Å². The van der Waals surface area contributed by atoms with E-state index in [-0.39, 0.29) is 0 Å². The molecule has 0 atom stereocenters. The molecule has 0 saturated heterocycles. The minimum atomic E-state index is 0.663. The summed E-state index contributed by atoms with van der Waals surface area (Å²) in [6, 6.07) is 0.667. The Hall–Kier alpha value is -0.460. The maximum absolute atomic E-state index is 5.86. The molecule has 1 aliphatic carbocycles. The number of ether oxygens (including phenoxy) is 1. The molecular formula is C10H17N3OS2. The van der Waals surface area contributed by atoms with Crippen LogP contribution in [-0.4, -0.2) is 36.9 Å². The topological polar surface area (TPSA) is 51.4 Å². The zero-order valence-electron chi connectivity index (χ0n) is 9.60. The van der Waals surface area contributed by atoms with E-state index >= 15 is 0 Å². The summed E-state index contributed by atoms with van der Waals surface area (Å²) in [5, 5.41) is 1.21. The van der Waals surface area contributed by atoms with Crippen LogP contribution in [0.4, 0.5) is 10.8 Å². The van der Waals surface area contributed by atoms with E-state index < -0.39 is 0 Å². The predicted molar refractivity (Wildman–Crippen MR) is 70.6 cm³/mol. The Morgan fingerprint density at radius 1 is 1.62 bits per heavy atom. The van der Waals surface area contributed by atoms with Gasteiger partial charge in [0.15, 0.2) is 5.82 Å². The molecule has 0 unspecified atom stereocenters. The van der Waals surface area contributed by atoms with Gasteiger partial charge in [-0.05, 0) is 30.6 Å². The van der Waals surface area contributed by atoms with Crippen molar-refractivity contribution >= 4 is 34.1 Å². The van der Waals surface area contributed by atoms with Gasteiger partial charge in [0.25, 0.3) is 0 Å². The maximum atomic E-state index is 5.86. The van der Waals surface area contributed by atoms with Gasteiger partial charge >= 0.3 is 0 Å². The van der Waals surface area contributed by atoms with Gasteiger partial charge in [0.2, 0.25) is 0 Å². The Morgan fingerprint density at radius 3 is 2.94 bits per heavy atom. The second-order valence-electron chi connectivity index (χ2n) is 3.82. The molecule has 2 N–H and O–H groups in total. The molecule has 0 aromatic carbocycles. The summed E-state index contributed by atoms with van der Waals surface area (Å²) in [4.78, 5) is 3.51. The lowest BCUT2D eigenvalue weighted by molar-refractivity contribution is 0.205. The molecule has 1 fully saturated rings. The number of nitrogen functional groups attached to an aromatic ring is 1. The summed E-state index contributed by atoms with van der Waals surface area (Å²) in [7, 11) is 1.74. The Balaban J connectivity index is 2.16. The third kappa shape index (κ3) is 2.44. The van der Waals surface area contributed by atoms with Crippen LogP contribution in [0.25, 0.3) is 0 Å². The number of aromatic nitrogens is 1. The van der Waals surface area contributed by atoms with Crippen molar-refractivity contribution in [2.75, 3.05) is 37.2 Å². The molecule has 1 saturated carbocycles. The van der Waals surface area contributed by atoms with Crippen LogP contribution in [0.3, 0.4) is 0 Å². The summed E-state index contributed by atoms with van der Waals surface area (Å²) >= 11 is 3.18. The van der Waals surface area contributed by atoms with Crippen LogP contribution in [0.2, 0.25) is 0 Å². The highest BCUT2D eigenvalue weighted by molar-refractivity contribution is 7.99. The van der Waals surface area contributed by atoms with Gasteiger partial charge in [0, 0.05) is 19.7 Å². The number of hydrogen-bond donors (Lipinski definition) is 1. The quantitative estimate of drug-likeness (QED) is 0.793. The van der Waals surface area contributed by atoms with E-state index in [1.807, 2.05) is 6.26 Å². The highest BCUT2D eigenvalue weighted by Crippen LogP contribution is 2.42. The van der Waals surface area contributed by atoms with Crippen molar-refractivity contribution in [2.45, 2.75) is 23.8 Å². The summed E-state index contributed by atoms with van der Waals surface area (Å²) in [6.07, 6.45) is 4.59. The number of thioether (sulfide) groups is 1. The van der Waals surface area contributed by atoms with Crippen LogP contribution in [0.15, 0.2) is 4.90 Å². The van der Waals surface area contributed by atoms with Crippen molar-refractivity contribution in [2.24, 2.45) is 0 Å². The molecule has 1 aromatic heterocycles. The van der Waals surface area contributed by atoms with Gasteiger partial charge in [-0.15, -0.1) is 11.8 Å². The molecule has 0 amide bonds. The molecule has 1 aliphatic rings. The van der Waals surface area contributed by atoms with Gasteiger partial charge in [-0.2, -0.15) is 4.37 Å². The molecule has 16 heavy (non-hydrogen) atoms. The summed E-state index contributed by atoms with van der Waals surface area (Å²) in [5.74, 6) is 0.663. The molecule has 90 valence electrons. The minimum Gasteiger partial charge on any atom is -0.383 e. The standard InChI is InChI=1S/C10H17N3OS2/c1-14-6-5-13(7-3-4-7)10-8(15-2)9(11)12-16-10/h7H,3-6H2,1-2H3,(H2,11,12). The zero-order chi connectivity index (χ0) is 11.5. The Kier molecular flexibility index (Phi) is 3.94. The lowest BCUT2D eigenvalue weighted by atomic mass is 10.4. The van der Waals surface area contributed by atoms with Gasteiger partial charge in [-0.25, -0.2) is 0 Å². The number of nitrogens with zero attached hydrogens (tertiary/aromatic N) is 2. The summed E-state index contributed by atoms with van der Waals surface area (Å²) in [6.45, 7) is 1.68. The van der Waals surface area contributed by atoms with Crippen molar-refractivity contribution < 1.29 is 4.74 Å². The van der Waals surface area contributed by atoms with E-state index in [0.717, 1.165) is 18.0 Å². The SMILES string of the molecule is COCCN(c1snc(N)c1SC)C1CC1. The second kappa shape index (κ2) is 5.25. The number of methoxy groups -OCH3 is 1. The molecule has 6 heteroatoms. The average Bonchev–Trinajstić information content (AvgIpc) is 3.04. The zero-order valence-corrected chi connectivity index (χ0v) is 11.2. The fraction of sp³-hybridized carbons (Fsp3) is 0.700. The van der Waals surface area contributed by atoms with Crippen molar-refractivity contribution in [3.63, 3.8) is 0 Å². The molecule has 1 aromatic rings. The Bertz CT molecular complexity index is 352. The normalized spacial score (nSPS) is 15.4. The number of anilines is 2. The van der Waals surface area contributed by atoms with E-state index in [4.69, 9.17) is 10.5 Å². The second-order valence-corrected chi connectivity index (χ2v) is 5.39. The monoisotopic (exact) mass is 259 g/mol. The first-order valence-corrected chi connectivity index (χ1v) is 7.32. The molecule has 0 radical (unpaired) electrons. The third-order valence-electron chi connectivity index (χ3n) is 2.65. The molecular weight excluding hydrogens is 242 g/mol. The average molecular weight is 259 g/mol. The highest BCUT2D eigenvalue weighted by atomic mass is 32.2. The van der Waals surface area contributed by atoms with E-state index in [0.29, 0.717) is 11.9 Å². The first-order chi connectivity index (χ1) is 7.77. The molecule has 0 spiro atoms. The van der Waals surface area contributed by atoms with Crippen molar-refractivity contribution in [3.05, 3.63) is 0 Å². The first kappa shape index (κ1) is 12.0. The van der Waals surface area contributed by atoms with Crippen LogP contribution in [0.5, 0.6) is 0 Å². The van der Waals surface area contributed by atoms with Crippen molar-refractivity contribution in [3.8, 4) is 0 Å². The highest BCUT2D eigenvalue weighted by Gasteiger charge is 2.32. The molecule has 0 aliphatic heterocycles. The van der Waals surface area contributed by atoms with E-state index in [2.05, 4.69) is 9.27 Å². The van der Waals surface area contributed by atoms with E-state index in [1.54, 1.807) is 18.9 Å². The Labute approximate surface area is 104 Å². The molecule has 0 bridgehead atoms. The third-order valence-corrected chi connectivity index (χ3v) is 4.49. The van der Waals surface area contributed by atoms with Crippen LogP contribution in [0, 0.1) is 0 Å². The summed E-state index contributed by atoms with van der Waals surface area (Å²) in [5.41, 5.74) is 5.86. The number of hydrogen-bond acceptors (Lipinski definition) is 6. The minimum absolute atomic E-state index is 0.663. The van der Waals surface area contributed by atoms with Crippen LogP contribution >= 0.6 is 23.3 Å². The maximum Gasteiger partial charge on any atom is 0.153 e. The van der Waals surface area contributed by atoms with Crippen LogP contribution in [0.1, 0.15) is 12.8 Å². The lowest BCUT2D eigenvalue weighted by Crippen LogP contribution is -2.29. The molecule has 2 rings (SSSR count). The van der Waals surface area contributed by atoms with Crippen LogP contribution < -0.4 is 10.6 Å². The number of nitrogens with two attached hydrogens (primary N) is 1. The Morgan fingerprint density at radius 2 is 2.38 bits per heavy atom. The van der Waals surface area contributed by atoms with Gasteiger partial charge < -0.3 is 15.4 Å². The van der Waals surface area contributed by atoms with Gasteiger partial charge in [-0.3, -0.25) is 0 Å². The van der Waals surface area contributed by atoms with E-state index in [1.165, 1.54) is 29.4 Å². The molecule has 1 heterocycles. The summed E-state index contributed by atoms with van der Waals surface area (Å²) < 4.78 is 9.40. The number of rotatable bonds is 6. The largest absolute Gasteiger partial charge is 0.383 e. The fourth-order valence-electron chi connectivity index (χ4n) is 1.69. The van der Waals surface area contributed by atoms with Gasteiger partial charge in [0.05, 0.1) is 11.5 Å². The smallest absolute Gasteiger partial charge is 0.153 e. The van der Waals surface area contributed by atoms with E-state index in [9.17, 15) is 0 Å².